The van der Waals surface area contributed by atoms with E-state index in [2.05, 4.69) is 9.97 Å². The minimum absolute atomic E-state index is 0.0886. The summed E-state index contributed by atoms with van der Waals surface area (Å²) in [6.07, 6.45) is 5.08. The molecule has 18 heavy (non-hydrogen) atoms. The Kier molecular flexibility index (Phi) is 3.61. The maximum atomic E-state index is 12.0. The maximum absolute atomic E-state index is 12.0. The van der Waals surface area contributed by atoms with Crippen LogP contribution in [0.1, 0.15) is 31.4 Å². The summed E-state index contributed by atoms with van der Waals surface area (Å²) in [5.41, 5.74) is -0.849. The molecule has 96 valence electrons. The quantitative estimate of drug-likeness (QED) is 0.847. The van der Waals surface area contributed by atoms with Crippen LogP contribution in [-0.2, 0) is 16.0 Å². The second-order valence-electron chi connectivity index (χ2n) is 4.52. The highest BCUT2D eigenvalue weighted by atomic mass is 35.5. The lowest BCUT2D eigenvalue weighted by Crippen LogP contribution is -2.43. The Morgan fingerprint density at radius 2 is 2.17 bits per heavy atom. The van der Waals surface area contributed by atoms with Crippen LogP contribution in [-0.4, -0.2) is 26.8 Å². The zero-order valence-electron chi connectivity index (χ0n) is 9.73. The van der Waals surface area contributed by atoms with E-state index in [1.54, 1.807) is 0 Å². The van der Waals surface area contributed by atoms with Gasteiger partial charge in [0.25, 0.3) is 0 Å². The first-order valence-electron chi connectivity index (χ1n) is 5.78. The van der Waals surface area contributed by atoms with E-state index in [0.29, 0.717) is 18.5 Å². The number of aromatic nitrogens is 2. The van der Waals surface area contributed by atoms with Crippen LogP contribution in [0.4, 0.5) is 0 Å². The van der Waals surface area contributed by atoms with Crippen LogP contribution in [0.25, 0.3) is 0 Å². The van der Waals surface area contributed by atoms with Gasteiger partial charge in [0, 0.05) is 12.8 Å². The first-order valence-corrected chi connectivity index (χ1v) is 6.15. The minimum atomic E-state index is -1.33. The maximum Gasteiger partial charge on any atom is 0.317 e. The van der Waals surface area contributed by atoms with Gasteiger partial charge in [-0.05, 0) is 12.8 Å². The summed E-state index contributed by atoms with van der Waals surface area (Å²) in [5.74, 6) is -1.28. The molecule has 1 fully saturated rings. The predicted molar refractivity (Wildman–Crippen MR) is 64.3 cm³/mol. The van der Waals surface area contributed by atoms with E-state index in [0.717, 1.165) is 12.8 Å². The summed E-state index contributed by atoms with van der Waals surface area (Å²) < 4.78 is 0. The Balaban J connectivity index is 2.28. The molecular weight excluding hydrogens is 256 g/mol. The Labute approximate surface area is 109 Å². The number of aliphatic carboxylic acids is 1. The molecule has 0 bridgehead atoms. The van der Waals surface area contributed by atoms with E-state index in [1.807, 2.05) is 0 Å². The SMILES string of the molecule is O=C(O)C1(Cc2cnc(Cl)cn2)CCCCC1=O. The van der Waals surface area contributed by atoms with Gasteiger partial charge in [-0.2, -0.15) is 0 Å². The van der Waals surface area contributed by atoms with Crippen LogP contribution in [0, 0.1) is 5.41 Å². The molecule has 1 aromatic rings. The molecule has 1 saturated carbocycles. The van der Waals surface area contributed by atoms with Crippen molar-refractivity contribution in [3.8, 4) is 0 Å². The van der Waals surface area contributed by atoms with E-state index in [-0.39, 0.29) is 17.4 Å². The standard InChI is InChI=1S/C12H13ClN2O3/c13-10-7-14-8(6-15-10)5-12(11(17)18)4-2-1-3-9(12)16/h6-7H,1-5H2,(H,17,18). The molecule has 0 radical (unpaired) electrons. The van der Waals surface area contributed by atoms with Gasteiger partial charge in [-0.1, -0.05) is 18.0 Å². The van der Waals surface area contributed by atoms with Crippen LogP contribution in [0.15, 0.2) is 12.4 Å². The Morgan fingerprint density at radius 1 is 1.39 bits per heavy atom. The molecule has 1 aliphatic carbocycles. The third-order valence-corrected chi connectivity index (χ3v) is 3.55. The van der Waals surface area contributed by atoms with Crippen molar-refractivity contribution in [3.05, 3.63) is 23.2 Å². The highest BCUT2D eigenvalue weighted by Crippen LogP contribution is 2.36. The average Bonchev–Trinajstić information content (AvgIpc) is 2.35. The van der Waals surface area contributed by atoms with Crippen molar-refractivity contribution >= 4 is 23.4 Å². The van der Waals surface area contributed by atoms with Gasteiger partial charge in [-0.3, -0.25) is 14.6 Å². The molecule has 1 aromatic heterocycles. The topological polar surface area (TPSA) is 80.2 Å². The molecule has 1 unspecified atom stereocenters. The molecule has 2 rings (SSSR count). The van der Waals surface area contributed by atoms with Gasteiger partial charge in [-0.15, -0.1) is 0 Å². The Hall–Kier alpha value is -1.49. The van der Waals surface area contributed by atoms with Crippen LogP contribution in [0.2, 0.25) is 5.15 Å². The average molecular weight is 269 g/mol. The van der Waals surface area contributed by atoms with Gasteiger partial charge in [0.1, 0.15) is 10.6 Å². The summed E-state index contributed by atoms with van der Waals surface area (Å²) >= 11 is 5.62. The monoisotopic (exact) mass is 268 g/mol. The summed E-state index contributed by atoms with van der Waals surface area (Å²) in [7, 11) is 0. The number of carboxylic acid groups (broad SMARTS) is 1. The molecule has 0 aromatic carbocycles. The largest absolute Gasteiger partial charge is 0.480 e. The van der Waals surface area contributed by atoms with Gasteiger partial charge in [-0.25, -0.2) is 4.98 Å². The Morgan fingerprint density at radius 3 is 2.72 bits per heavy atom. The van der Waals surface area contributed by atoms with Crippen LogP contribution < -0.4 is 0 Å². The number of carbonyl (C=O) groups excluding carboxylic acids is 1. The number of hydrogen-bond donors (Lipinski definition) is 1. The molecule has 1 heterocycles. The number of carbonyl (C=O) groups is 2. The molecule has 1 aliphatic rings. The van der Waals surface area contributed by atoms with Crippen LogP contribution in [0.5, 0.6) is 0 Å². The number of ketones is 1. The first-order chi connectivity index (χ1) is 8.54. The summed E-state index contributed by atoms with van der Waals surface area (Å²) in [4.78, 5) is 31.3. The third kappa shape index (κ3) is 2.36. The third-order valence-electron chi connectivity index (χ3n) is 3.36. The molecule has 0 spiro atoms. The minimum Gasteiger partial charge on any atom is -0.480 e. The van der Waals surface area contributed by atoms with Crippen molar-refractivity contribution < 1.29 is 14.7 Å². The van der Waals surface area contributed by atoms with Gasteiger partial charge < -0.3 is 5.11 Å². The molecule has 1 atom stereocenters. The first kappa shape index (κ1) is 13.0. The Bertz CT molecular complexity index is 475. The van der Waals surface area contributed by atoms with E-state index < -0.39 is 11.4 Å². The second-order valence-corrected chi connectivity index (χ2v) is 4.91. The molecule has 0 saturated heterocycles. The van der Waals surface area contributed by atoms with Crippen LogP contribution in [0.3, 0.4) is 0 Å². The number of Topliss-reactive ketones (excluding diaryl/α,β-unsaturated/α-hetero) is 1. The van der Waals surface area contributed by atoms with Crippen molar-refractivity contribution in [1.29, 1.82) is 0 Å². The van der Waals surface area contributed by atoms with E-state index in [1.165, 1.54) is 12.4 Å². The molecule has 0 amide bonds. The lowest BCUT2D eigenvalue weighted by molar-refractivity contribution is -0.157. The van der Waals surface area contributed by atoms with Gasteiger partial charge in [0.05, 0.1) is 18.1 Å². The van der Waals surface area contributed by atoms with Crippen molar-refractivity contribution in [2.24, 2.45) is 5.41 Å². The molecule has 5 nitrogen and oxygen atoms in total. The van der Waals surface area contributed by atoms with Gasteiger partial charge in [0.15, 0.2) is 5.78 Å². The van der Waals surface area contributed by atoms with Crippen molar-refractivity contribution in [2.45, 2.75) is 32.1 Å². The summed E-state index contributed by atoms with van der Waals surface area (Å²) in [6, 6.07) is 0. The van der Waals surface area contributed by atoms with E-state index >= 15 is 0 Å². The molecule has 1 N–H and O–H groups in total. The fourth-order valence-electron chi connectivity index (χ4n) is 2.32. The number of hydrogen-bond acceptors (Lipinski definition) is 4. The van der Waals surface area contributed by atoms with Crippen molar-refractivity contribution in [2.75, 3.05) is 0 Å². The van der Waals surface area contributed by atoms with Crippen LogP contribution >= 0.6 is 11.6 Å². The van der Waals surface area contributed by atoms with Gasteiger partial charge in [0.2, 0.25) is 0 Å². The molecule has 0 aliphatic heterocycles. The van der Waals surface area contributed by atoms with E-state index in [9.17, 15) is 14.7 Å². The fraction of sp³-hybridized carbons (Fsp3) is 0.500. The van der Waals surface area contributed by atoms with Crippen molar-refractivity contribution in [1.82, 2.24) is 9.97 Å². The lowest BCUT2D eigenvalue weighted by Gasteiger charge is -2.31. The van der Waals surface area contributed by atoms with E-state index in [4.69, 9.17) is 11.6 Å². The van der Waals surface area contributed by atoms with Gasteiger partial charge >= 0.3 is 5.97 Å². The number of nitrogens with zero attached hydrogens (tertiary/aromatic N) is 2. The fourth-order valence-corrected chi connectivity index (χ4v) is 2.42. The zero-order chi connectivity index (χ0) is 13.2. The number of carboxylic acids is 1. The zero-order valence-corrected chi connectivity index (χ0v) is 10.5. The normalized spacial score (nSPS) is 23.9. The second kappa shape index (κ2) is 5.02. The summed E-state index contributed by atoms with van der Waals surface area (Å²) in [6.45, 7) is 0. The number of rotatable bonds is 3. The highest BCUT2D eigenvalue weighted by molar-refractivity contribution is 6.29. The highest BCUT2D eigenvalue weighted by Gasteiger charge is 2.47. The lowest BCUT2D eigenvalue weighted by atomic mass is 9.70. The number of halogens is 1. The predicted octanol–water partition coefficient (Wildman–Crippen LogP) is 1.89. The molecular formula is C12H13ClN2O3. The summed E-state index contributed by atoms with van der Waals surface area (Å²) in [5, 5.41) is 9.63. The molecule has 6 heteroatoms. The smallest absolute Gasteiger partial charge is 0.317 e. The van der Waals surface area contributed by atoms with Crippen molar-refractivity contribution in [3.63, 3.8) is 0 Å².